The lowest BCUT2D eigenvalue weighted by molar-refractivity contribution is -0.124. The van der Waals surface area contributed by atoms with Crippen molar-refractivity contribution in [2.45, 2.75) is 33.2 Å². The molecule has 0 bridgehead atoms. The predicted octanol–water partition coefficient (Wildman–Crippen LogP) is 2.07. The van der Waals surface area contributed by atoms with Crippen LogP contribution in [0, 0.1) is 6.92 Å². The van der Waals surface area contributed by atoms with Crippen molar-refractivity contribution < 1.29 is 14.3 Å². The lowest BCUT2D eigenvalue weighted by Gasteiger charge is -2.11. The molecule has 0 spiro atoms. The van der Waals surface area contributed by atoms with Gasteiger partial charge in [-0.2, -0.15) is 0 Å². The molecule has 0 heterocycles. The minimum Gasteiger partial charge on any atom is -0.452 e. The maximum absolute atomic E-state index is 11.6. The average Bonchev–Trinajstić information content (AvgIpc) is 2.36. The van der Waals surface area contributed by atoms with Crippen LogP contribution in [0.3, 0.4) is 0 Å². The van der Waals surface area contributed by atoms with Gasteiger partial charge in [0.25, 0.3) is 5.91 Å². The van der Waals surface area contributed by atoms with Gasteiger partial charge in [0.05, 0.1) is 5.56 Å². The van der Waals surface area contributed by atoms with Crippen LogP contribution in [0.1, 0.15) is 36.2 Å². The molecule has 18 heavy (non-hydrogen) atoms. The van der Waals surface area contributed by atoms with Crippen molar-refractivity contribution in [3.63, 3.8) is 0 Å². The largest absolute Gasteiger partial charge is 0.452 e. The SMILES string of the molecule is CC[C@H](C)NC(=O)COC(=O)c1ccc(C)cc1. The number of benzene rings is 1. The first-order chi connectivity index (χ1) is 8.52. The van der Waals surface area contributed by atoms with E-state index in [1.54, 1.807) is 12.1 Å². The van der Waals surface area contributed by atoms with Crippen molar-refractivity contribution in [2.75, 3.05) is 6.61 Å². The minimum absolute atomic E-state index is 0.0931. The van der Waals surface area contributed by atoms with Gasteiger partial charge in [0, 0.05) is 6.04 Å². The molecule has 1 aromatic carbocycles. The van der Waals surface area contributed by atoms with Gasteiger partial charge in [0.15, 0.2) is 6.61 Å². The summed E-state index contributed by atoms with van der Waals surface area (Å²) in [6, 6.07) is 7.12. The van der Waals surface area contributed by atoms with Crippen LogP contribution in [-0.2, 0) is 9.53 Å². The second-order valence-electron chi connectivity index (χ2n) is 4.32. The molecule has 0 aliphatic heterocycles. The second kappa shape index (κ2) is 6.79. The summed E-state index contributed by atoms with van der Waals surface area (Å²) >= 11 is 0. The maximum Gasteiger partial charge on any atom is 0.338 e. The molecule has 0 aliphatic carbocycles. The molecule has 1 aromatic rings. The number of ether oxygens (including phenoxy) is 1. The highest BCUT2D eigenvalue weighted by Gasteiger charge is 2.10. The van der Waals surface area contributed by atoms with Crippen LogP contribution in [0.2, 0.25) is 0 Å². The van der Waals surface area contributed by atoms with E-state index >= 15 is 0 Å². The monoisotopic (exact) mass is 249 g/mol. The fraction of sp³-hybridized carbons (Fsp3) is 0.429. The number of aryl methyl sites for hydroxylation is 1. The summed E-state index contributed by atoms with van der Waals surface area (Å²) in [7, 11) is 0. The van der Waals surface area contributed by atoms with E-state index in [0.29, 0.717) is 5.56 Å². The van der Waals surface area contributed by atoms with Crippen molar-refractivity contribution in [1.82, 2.24) is 5.32 Å². The van der Waals surface area contributed by atoms with Crippen LogP contribution in [-0.4, -0.2) is 24.5 Å². The van der Waals surface area contributed by atoms with Crippen molar-refractivity contribution in [2.24, 2.45) is 0 Å². The van der Waals surface area contributed by atoms with Gasteiger partial charge in [0.2, 0.25) is 0 Å². The van der Waals surface area contributed by atoms with E-state index in [0.717, 1.165) is 12.0 Å². The third-order valence-corrected chi connectivity index (χ3v) is 2.64. The van der Waals surface area contributed by atoms with Crippen LogP contribution in [0.25, 0.3) is 0 Å². The summed E-state index contributed by atoms with van der Waals surface area (Å²) in [5.41, 5.74) is 1.53. The van der Waals surface area contributed by atoms with Gasteiger partial charge < -0.3 is 10.1 Å². The summed E-state index contributed by atoms with van der Waals surface area (Å²) in [5.74, 6) is -0.751. The van der Waals surface area contributed by atoms with Crippen molar-refractivity contribution >= 4 is 11.9 Å². The van der Waals surface area contributed by atoms with Gasteiger partial charge >= 0.3 is 5.97 Å². The Hall–Kier alpha value is -1.84. The van der Waals surface area contributed by atoms with E-state index in [4.69, 9.17) is 4.74 Å². The molecule has 0 aromatic heterocycles. The molecule has 0 radical (unpaired) electrons. The molecule has 4 nitrogen and oxygen atoms in total. The zero-order valence-electron chi connectivity index (χ0n) is 11.0. The predicted molar refractivity (Wildman–Crippen MR) is 69.4 cm³/mol. The van der Waals surface area contributed by atoms with Crippen LogP contribution < -0.4 is 5.32 Å². The summed E-state index contributed by atoms with van der Waals surface area (Å²) in [5, 5.41) is 2.73. The van der Waals surface area contributed by atoms with Crippen molar-refractivity contribution in [1.29, 1.82) is 0 Å². The quantitative estimate of drug-likeness (QED) is 0.813. The molecule has 0 saturated heterocycles. The molecule has 1 N–H and O–H groups in total. The second-order valence-corrected chi connectivity index (χ2v) is 4.32. The summed E-state index contributed by atoms with van der Waals surface area (Å²) in [6.45, 7) is 5.58. The topological polar surface area (TPSA) is 55.4 Å². The van der Waals surface area contributed by atoms with E-state index in [1.807, 2.05) is 32.9 Å². The Labute approximate surface area is 107 Å². The first kappa shape index (κ1) is 14.2. The summed E-state index contributed by atoms with van der Waals surface area (Å²) in [6.07, 6.45) is 0.845. The highest BCUT2D eigenvalue weighted by atomic mass is 16.5. The fourth-order valence-corrected chi connectivity index (χ4v) is 1.32. The number of carbonyl (C=O) groups excluding carboxylic acids is 2. The Bertz CT molecular complexity index is 412. The standard InChI is InChI=1S/C14H19NO3/c1-4-11(3)15-13(16)9-18-14(17)12-7-5-10(2)6-8-12/h5-8,11H,4,9H2,1-3H3,(H,15,16)/t11-/m0/s1. The molecule has 98 valence electrons. The Morgan fingerprint density at radius 1 is 1.28 bits per heavy atom. The van der Waals surface area contributed by atoms with E-state index in [2.05, 4.69) is 5.32 Å². The molecule has 1 rings (SSSR count). The lowest BCUT2D eigenvalue weighted by Crippen LogP contribution is -2.35. The highest BCUT2D eigenvalue weighted by molar-refractivity contribution is 5.91. The van der Waals surface area contributed by atoms with Gasteiger partial charge in [-0.3, -0.25) is 4.79 Å². The van der Waals surface area contributed by atoms with Crippen LogP contribution in [0.5, 0.6) is 0 Å². The highest BCUT2D eigenvalue weighted by Crippen LogP contribution is 2.04. The number of amides is 1. The zero-order chi connectivity index (χ0) is 13.5. The van der Waals surface area contributed by atoms with Gasteiger partial charge in [-0.15, -0.1) is 0 Å². The van der Waals surface area contributed by atoms with Crippen LogP contribution in [0.4, 0.5) is 0 Å². The third kappa shape index (κ3) is 4.57. The minimum atomic E-state index is -0.477. The Morgan fingerprint density at radius 2 is 1.89 bits per heavy atom. The van der Waals surface area contributed by atoms with Gasteiger partial charge in [0.1, 0.15) is 0 Å². The fourth-order valence-electron chi connectivity index (χ4n) is 1.32. The Kier molecular flexibility index (Phi) is 5.36. The summed E-state index contributed by atoms with van der Waals surface area (Å²) in [4.78, 5) is 23.0. The van der Waals surface area contributed by atoms with E-state index < -0.39 is 5.97 Å². The number of nitrogens with one attached hydrogen (secondary N) is 1. The lowest BCUT2D eigenvalue weighted by atomic mass is 10.1. The number of rotatable bonds is 5. The number of hydrogen-bond acceptors (Lipinski definition) is 3. The number of esters is 1. The van der Waals surface area contributed by atoms with Crippen LogP contribution in [0.15, 0.2) is 24.3 Å². The maximum atomic E-state index is 11.6. The van der Waals surface area contributed by atoms with Crippen molar-refractivity contribution in [3.05, 3.63) is 35.4 Å². The van der Waals surface area contributed by atoms with Crippen LogP contribution >= 0.6 is 0 Å². The number of carbonyl (C=O) groups is 2. The van der Waals surface area contributed by atoms with E-state index in [9.17, 15) is 9.59 Å². The normalized spacial score (nSPS) is 11.7. The third-order valence-electron chi connectivity index (χ3n) is 2.64. The molecular formula is C14H19NO3. The van der Waals surface area contributed by atoms with Gasteiger partial charge in [-0.05, 0) is 32.4 Å². The zero-order valence-corrected chi connectivity index (χ0v) is 11.0. The number of hydrogen-bond donors (Lipinski definition) is 1. The molecule has 1 atom stereocenters. The molecule has 0 saturated carbocycles. The Balaban J connectivity index is 2.41. The Morgan fingerprint density at radius 3 is 2.44 bits per heavy atom. The van der Waals surface area contributed by atoms with E-state index in [1.165, 1.54) is 0 Å². The average molecular weight is 249 g/mol. The smallest absolute Gasteiger partial charge is 0.338 e. The molecule has 0 aliphatic rings. The van der Waals surface area contributed by atoms with E-state index in [-0.39, 0.29) is 18.6 Å². The van der Waals surface area contributed by atoms with Gasteiger partial charge in [-0.25, -0.2) is 4.79 Å². The molecule has 0 fully saturated rings. The molecule has 4 heteroatoms. The first-order valence-corrected chi connectivity index (χ1v) is 6.06. The first-order valence-electron chi connectivity index (χ1n) is 6.06. The van der Waals surface area contributed by atoms with Crippen molar-refractivity contribution in [3.8, 4) is 0 Å². The molecule has 0 unspecified atom stereocenters. The summed E-state index contributed by atoms with van der Waals surface area (Å²) < 4.78 is 4.92. The van der Waals surface area contributed by atoms with Gasteiger partial charge in [-0.1, -0.05) is 24.6 Å². The molecular weight excluding hydrogens is 230 g/mol. The molecule has 1 amide bonds.